The number of alkyl halides is 4. The molecule has 0 aliphatic rings. The van der Waals surface area contributed by atoms with Gasteiger partial charge < -0.3 is 0 Å². The van der Waals surface area contributed by atoms with E-state index in [9.17, 15) is 18.0 Å². The molecule has 0 aromatic heterocycles. The number of nitriles is 1. The monoisotopic (exact) mass is 261 g/mol. The van der Waals surface area contributed by atoms with Crippen LogP contribution in [0.15, 0.2) is 18.2 Å². The number of ketones is 1. The van der Waals surface area contributed by atoms with E-state index in [1.165, 1.54) is 12.1 Å². The van der Waals surface area contributed by atoms with Crippen LogP contribution in [0.2, 0.25) is 0 Å². The number of hydrogen-bond donors (Lipinski definition) is 0. The molecule has 90 valence electrons. The smallest absolute Gasteiger partial charge is 0.298 e. The second-order valence-corrected chi connectivity index (χ2v) is 3.79. The Morgan fingerprint density at radius 2 is 2.06 bits per heavy atom. The topological polar surface area (TPSA) is 40.9 Å². The molecule has 1 unspecified atom stereocenters. The third kappa shape index (κ3) is 2.77. The predicted molar refractivity (Wildman–Crippen MR) is 55.4 cm³/mol. The van der Waals surface area contributed by atoms with Crippen molar-refractivity contribution in [3.8, 4) is 6.07 Å². The number of carbonyl (C=O) groups excluding carboxylic acids is 1. The first-order valence-electron chi connectivity index (χ1n) is 4.53. The zero-order chi connectivity index (χ0) is 13.2. The van der Waals surface area contributed by atoms with Crippen LogP contribution in [-0.2, 0) is 11.0 Å². The van der Waals surface area contributed by atoms with Crippen LogP contribution in [0.4, 0.5) is 13.2 Å². The normalized spacial score (nSPS) is 12.9. The summed E-state index contributed by atoms with van der Waals surface area (Å²) in [5, 5.41) is 7.53. The molecule has 0 amide bonds. The molecule has 0 N–H and O–H groups in total. The van der Waals surface area contributed by atoms with Gasteiger partial charge >= 0.3 is 6.18 Å². The maximum atomic E-state index is 12.6. The molecule has 0 saturated carbocycles. The minimum absolute atomic E-state index is 0.114. The highest BCUT2D eigenvalue weighted by atomic mass is 35.5. The standard InChI is InChI=1S/C11H7ClF3NO/c1-6(17)10(12)7-3-2-4-9(8(7)5-16)11(13,14)15/h2-4,10H,1H3. The van der Waals surface area contributed by atoms with Gasteiger partial charge in [-0.05, 0) is 18.6 Å². The summed E-state index contributed by atoms with van der Waals surface area (Å²) in [6.45, 7) is 1.15. The minimum atomic E-state index is -4.64. The van der Waals surface area contributed by atoms with Gasteiger partial charge in [-0.2, -0.15) is 18.4 Å². The fourth-order valence-corrected chi connectivity index (χ4v) is 1.54. The van der Waals surface area contributed by atoms with E-state index >= 15 is 0 Å². The van der Waals surface area contributed by atoms with Crippen molar-refractivity contribution >= 4 is 17.4 Å². The largest absolute Gasteiger partial charge is 0.417 e. The number of rotatable bonds is 2. The Hall–Kier alpha value is -1.54. The quantitative estimate of drug-likeness (QED) is 0.765. The molecular weight excluding hydrogens is 255 g/mol. The Bertz CT molecular complexity index is 490. The third-order valence-electron chi connectivity index (χ3n) is 2.14. The lowest BCUT2D eigenvalue weighted by Crippen LogP contribution is -2.12. The predicted octanol–water partition coefficient (Wildman–Crippen LogP) is 3.45. The molecule has 1 aromatic carbocycles. The highest BCUT2D eigenvalue weighted by Gasteiger charge is 2.35. The first kappa shape index (κ1) is 13.5. The SMILES string of the molecule is CC(=O)C(Cl)c1cccc(C(F)(F)F)c1C#N. The number of carbonyl (C=O) groups is 1. The molecule has 0 saturated heterocycles. The lowest BCUT2D eigenvalue weighted by molar-refractivity contribution is -0.137. The fraction of sp³-hybridized carbons (Fsp3) is 0.273. The van der Waals surface area contributed by atoms with Crippen molar-refractivity contribution in [2.24, 2.45) is 0 Å². The average molecular weight is 262 g/mol. The van der Waals surface area contributed by atoms with Crippen molar-refractivity contribution in [2.45, 2.75) is 18.5 Å². The van der Waals surface area contributed by atoms with Gasteiger partial charge in [0.15, 0.2) is 5.78 Å². The molecule has 1 rings (SSSR count). The summed E-state index contributed by atoms with van der Waals surface area (Å²) in [6, 6.07) is 4.60. The van der Waals surface area contributed by atoms with Crippen molar-refractivity contribution in [1.82, 2.24) is 0 Å². The maximum absolute atomic E-state index is 12.6. The van der Waals surface area contributed by atoms with Gasteiger partial charge in [0.05, 0.1) is 11.1 Å². The van der Waals surface area contributed by atoms with Gasteiger partial charge in [0.2, 0.25) is 0 Å². The van der Waals surface area contributed by atoms with Crippen molar-refractivity contribution in [2.75, 3.05) is 0 Å². The molecule has 17 heavy (non-hydrogen) atoms. The zero-order valence-corrected chi connectivity index (χ0v) is 9.43. The number of hydrogen-bond acceptors (Lipinski definition) is 2. The average Bonchev–Trinajstić information content (AvgIpc) is 2.25. The highest BCUT2D eigenvalue weighted by molar-refractivity contribution is 6.31. The van der Waals surface area contributed by atoms with E-state index in [0.29, 0.717) is 0 Å². The summed E-state index contributed by atoms with van der Waals surface area (Å²) in [4.78, 5) is 11.1. The van der Waals surface area contributed by atoms with Gasteiger partial charge in [-0.1, -0.05) is 12.1 Å². The van der Waals surface area contributed by atoms with E-state index < -0.39 is 28.5 Å². The molecule has 0 bridgehead atoms. The number of nitrogens with zero attached hydrogens (tertiary/aromatic N) is 1. The van der Waals surface area contributed by atoms with Crippen LogP contribution in [0.5, 0.6) is 0 Å². The number of halogens is 4. The van der Waals surface area contributed by atoms with Crippen LogP contribution in [0.3, 0.4) is 0 Å². The molecule has 0 aliphatic heterocycles. The molecule has 0 radical (unpaired) electrons. The van der Waals surface area contributed by atoms with Crippen LogP contribution >= 0.6 is 11.6 Å². The highest BCUT2D eigenvalue weighted by Crippen LogP contribution is 2.36. The Morgan fingerprint density at radius 3 is 2.47 bits per heavy atom. The number of benzene rings is 1. The van der Waals surface area contributed by atoms with Crippen LogP contribution < -0.4 is 0 Å². The van der Waals surface area contributed by atoms with E-state index in [-0.39, 0.29) is 5.56 Å². The van der Waals surface area contributed by atoms with Gasteiger partial charge in [-0.15, -0.1) is 11.6 Å². The molecule has 6 heteroatoms. The Morgan fingerprint density at radius 1 is 1.47 bits per heavy atom. The number of Topliss-reactive ketones (excluding diaryl/α,β-unsaturated/α-hetero) is 1. The minimum Gasteiger partial charge on any atom is -0.298 e. The first-order chi connectivity index (χ1) is 7.79. The molecule has 1 aromatic rings. The van der Waals surface area contributed by atoms with Crippen LogP contribution in [-0.4, -0.2) is 5.78 Å². The van der Waals surface area contributed by atoms with Crippen molar-refractivity contribution in [3.05, 3.63) is 34.9 Å². The van der Waals surface area contributed by atoms with Gasteiger partial charge in [-0.25, -0.2) is 0 Å². The van der Waals surface area contributed by atoms with Crippen LogP contribution in [0.25, 0.3) is 0 Å². The molecule has 0 fully saturated rings. The van der Waals surface area contributed by atoms with Crippen LogP contribution in [0.1, 0.15) is 29.0 Å². The van der Waals surface area contributed by atoms with Crippen molar-refractivity contribution < 1.29 is 18.0 Å². The van der Waals surface area contributed by atoms with Crippen molar-refractivity contribution in [1.29, 1.82) is 5.26 Å². The lowest BCUT2D eigenvalue weighted by Gasteiger charge is -2.13. The Balaban J connectivity index is 3.46. The molecule has 0 aliphatic carbocycles. The molecule has 0 spiro atoms. The van der Waals surface area contributed by atoms with E-state index in [1.54, 1.807) is 0 Å². The lowest BCUT2D eigenvalue weighted by atomic mass is 9.98. The maximum Gasteiger partial charge on any atom is 0.417 e. The first-order valence-corrected chi connectivity index (χ1v) is 4.97. The molecular formula is C11H7ClF3NO. The summed E-state index contributed by atoms with van der Waals surface area (Å²) >= 11 is 5.68. The van der Waals surface area contributed by atoms with Gasteiger partial charge in [0.1, 0.15) is 11.4 Å². The van der Waals surface area contributed by atoms with E-state index in [1.807, 2.05) is 0 Å². The summed E-state index contributed by atoms with van der Waals surface area (Å²) in [5.74, 6) is -0.512. The Labute approximate surface area is 101 Å². The second kappa shape index (κ2) is 4.76. The van der Waals surface area contributed by atoms with E-state index in [0.717, 1.165) is 19.1 Å². The molecule has 1 atom stereocenters. The van der Waals surface area contributed by atoms with E-state index in [4.69, 9.17) is 16.9 Å². The fourth-order valence-electron chi connectivity index (χ4n) is 1.36. The van der Waals surface area contributed by atoms with Crippen molar-refractivity contribution in [3.63, 3.8) is 0 Å². The van der Waals surface area contributed by atoms with Crippen LogP contribution in [0, 0.1) is 11.3 Å². The molecule has 2 nitrogen and oxygen atoms in total. The van der Waals surface area contributed by atoms with E-state index in [2.05, 4.69) is 0 Å². The summed E-state index contributed by atoms with van der Waals surface area (Å²) < 4.78 is 37.8. The molecule has 0 heterocycles. The second-order valence-electron chi connectivity index (χ2n) is 3.35. The Kier molecular flexibility index (Phi) is 3.79. The third-order valence-corrected chi connectivity index (χ3v) is 2.69. The summed E-state index contributed by atoms with van der Waals surface area (Å²) in [5.41, 5.74) is -1.80. The summed E-state index contributed by atoms with van der Waals surface area (Å²) in [6.07, 6.45) is -4.64. The van der Waals surface area contributed by atoms with Gasteiger partial charge in [-0.3, -0.25) is 4.79 Å². The van der Waals surface area contributed by atoms with Gasteiger partial charge in [0, 0.05) is 0 Å². The zero-order valence-electron chi connectivity index (χ0n) is 8.68. The van der Waals surface area contributed by atoms with Gasteiger partial charge in [0.25, 0.3) is 0 Å². The summed E-state index contributed by atoms with van der Waals surface area (Å²) in [7, 11) is 0.